The Kier molecular flexibility index (Phi) is 5.01. The van der Waals surface area contributed by atoms with Crippen LogP contribution in [0.25, 0.3) is 0 Å². The van der Waals surface area contributed by atoms with Gasteiger partial charge in [0.25, 0.3) is 0 Å². The van der Waals surface area contributed by atoms with Gasteiger partial charge in [-0.3, -0.25) is 0 Å². The van der Waals surface area contributed by atoms with E-state index in [1.165, 1.54) is 6.42 Å². The lowest BCUT2D eigenvalue weighted by molar-refractivity contribution is 0.412. The van der Waals surface area contributed by atoms with E-state index < -0.39 is 10.0 Å². The highest BCUT2D eigenvalue weighted by Gasteiger charge is 2.22. The zero-order valence-corrected chi connectivity index (χ0v) is 12.2. The van der Waals surface area contributed by atoms with Gasteiger partial charge in [-0.25, -0.2) is 13.1 Å². The average molecular weight is 285 g/mol. The summed E-state index contributed by atoms with van der Waals surface area (Å²) in [5, 5.41) is 3.16. The molecule has 108 valence electrons. The van der Waals surface area contributed by atoms with Crippen LogP contribution in [0.4, 0.5) is 0 Å². The molecule has 0 saturated heterocycles. The third-order valence-corrected chi connectivity index (χ3v) is 5.02. The van der Waals surface area contributed by atoms with E-state index in [0.717, 1.165) is 37.9 Å². The van der Waals surface area contributed by atoms with Crippen LogP contribution in [0.1, 0.15) is 44.7 Å². The summed E-state index contributed by atoms with van der Waals surface area (Å²) in [6, 6.07) is 1.80. The van der Waals surface area contributed by atoms with Crippen molar-refractivity contribution in [2.75, 3.05) is 6.54 Å². The fourth-order valence-corrected chi connectivity index (χ4v) is 3.77. The molecule has 1 fully saturated rings. The summed E-state index contributed by atoms with van der Waals surface area (Å²) >= 11 is 0. The van der Waals surface area contributed by atoms with Crippen LogP contribution >= 0.6 is 0 Å². The fraction of sp³-hybridized carbons (Fsp3) is 0.692. The van der Waals surface area contributed by atoms with Crippen molar-refractivity contribution in [3.05, 3.63) is 18.0 Å². The maximum Gasteiger partial charge on any atom is 0.242 e. The largest absolute Gasteiger partial charge is 0.363 e. The van der Waals surface area contributed by atoms with Gasteiger partial charge in [-0.2, -0.15) is 0 Å². The van der Waals surface area contributed by atoms with E-state index >= 15 is 0 Å². The second-order valence-corrected chi connectivity index (χ2v) is 6.81. The smallest absolute Gasteiger partial charge is 0.242 e. The van der Waals surface area contributed by atoms with Gasteiger partial charge >= 0.3 is 0 Å². The summed E-state index contributed by atoms with van der Waals surface area (Å²) in [6.45, 7) is 3.54. The van der Waals surface area contributed by atoms with E-state index in [1.807, 2.05) is 6.92 Å². The van der Waals surface area contributed by atoms with Gasteiger partial charge in [0.05, 0.1) is 4.90 Å². The molecule has 5 nitrogen and oxygen atoms in total. The number of nitrogens with one attached hydrogen (secondary N) is 3. The molecule has 19 heavy (non-hydrogen) atoms. The third-order valence-electron chi connectivity index (χ3n) is 3.52. The lowest BCUT2D eigenvalue weighted by Crippen LogP contribution is -2.35. The molecule has 0 aliphatic heterocycles. The highest BCUT2D eigenvalue weighted by molar-refractivity contribution is 7.89. The Hall–Kier alpha value is -0.850. The number of aromatic amines is 1. The van der Waals surface area contributed by atoms with Crippen molar-refractivity contribution in [3.63, 3.8) is 0 Å². The van der Waals surface area contributed by atoms with Gasteiger partial charge in [0.1, 0.15) is 0 Å². The Morgan fingerprint density at radius 2 is 2.05 bits per heavy atom. The molecule has 0 atom stereocenters. The van der Waals surface area contributed by atoms with Crippen molar-refractivity contribution in [2.45, 2.75) is 56.5 Å². The second kappa shape index (κ2) is 6.54. The first-order chi connectivity index (χ1) is 9.12. The maximum atomic E-state index is 12.2. The van der Waals surface area contributed by atoms with Crippen molar-refractivity contribution in [2.24, 2.45) is 0 Å². The summed E-state index contributed by atoms with van der Waals surface area (Å²) in [5.41, 5.74) is 0.894. The molecule has 0 bridgehead atoms. The van der Waals surface area contributed by atoms with Crippen LogP contribution in [-0.2, 0) is 16.6 Å². The predicted molar refractivity (Wildman–Crippen MR) is 75.4 cm³/mol. The normalized spacial score (nSPS) is 17.7. The topological polar surface area (TPSA) is 74.0 Å². The molecule has 1 saturated carbocycles. The molecule has 1 aromatic heterocycles. The van der Waals surface area contributed by atoms with E-state index in [1.54, 1.807) is 12.3 Å². The monoisotopic (exact) mass is 285 g/mol. The Balaban J connectivity index is 1.99. The van der Waals surface area contributed by atoms with Gasteiger partial charge in [0.2, 0.25) is 10.0 Å². The molecule has 2 rings (SSSR count). The molecule has 3 N–H and O–H groups in total. The molecular formula is C13H23N3O2S. The van der Waals surface area contributed by atoms with Crippen LogP contribution in [0.2, 0.25) is 0 Å². The Morgan fingerprint density at radius 3 is 2.74 bits per heavy atom. The van der Waals surface area contributed by atoms with E-state index in [9.17, 15) is 8.42 Å². The summed E-state index contributed by atoms with van der Waals surface area (Å²) in [6.07, 6.45) is 6.92. The van der Waals surface area contributed by atoms with Crippen molar-refractivity contribution in [1.29, 1.82) is 0 Å². The number of rotatable bonds is 6. The second-order valence-electron chi connectivity index (χ2n) is 5.10. The van der Waals surface area contributed by atoms with Crippen molar-refractivity contribution in [3.8, 4) is 0 Å². The summed E-state index contributed by atoms with van der Waals surface area (Å²) in [4.78, 5) is 3.34. The third kappa shape index (κ3) is 4.06. The van der Waals surface area contributed by atoms with Crippen molar-refractivity contribution < 1.29 is 8.42 Å². The maximum absolute atomic E-state index is 12.2. The van der Waals surface area contributed by atoms with Gasteiger partial charge in [-0.15, -0.1) is 0 Å². The molecule has 1 aliphatic carbocycles. The fourth-order valence-electron chi connectivity index (χ4n) is 2.44. The van der Waals surface area contributed by atoms with Crippen LogP contribution in [0.5, 0.6) is 0 Å². The van der Waals surface area contributed by atoms with Gasteiger partial charge in [-0.05, 0) is 25.5 Å². The van der Waals surface area contributed by atoms with Crippen LogP contribution < -0.4 is 10.0 Å². The van der Waals surface area contributed by atoms with E-state index in [4.69, 9.17) is 0 Å². The van der Waals surface area contributed by atoms with Crippen molar-refractivity contribution in [1.82, 2.24) is 15.0 Å². The first-order valence-corrected chi connectivity index (χ1v) is 8.50. The minimum absolute atomic E-state index is 0.103. The molecular weight excluding hydrogens is 262 g/mol. The van der Waals surface area contributed by atoms with Gasteiger partial charge in [0, 0.05) is 24.5 Å². The Labute approximate surface area is 115 Å². The molecule has 0 radical (unpaired) electrons. The first-order valence-electron chi connectivity index (χ1n) is 7.02. The zero-order chi connectivity index (χ0) is 13.7. The Bertz CT molecular complexity index is 490. The first kappa shape index (κ1) is 14.6. The van der Waals surface area contributed by atoms with Gasteiger partial charge in [-0.1, -0.05) is 26.2 Å². The lowest BCUT2D eigenvalue weighted by atomic mass is 9.96. The zero-order valence-electron chi connectivity index (χ0n) is 11.4. The molecule has 1 heterocycles. The standard InChI is InChI=1S/C13H23N3O2S/c1-2-14-9-12-8-13(10-15-12)19(17,18)16-11-6-4-3-5-7-11/h8,10-11,14-16H,2-7,9H2,1H3. The minimum atomic E-state index is -3.37. The van der Waals surface area contributed by atoms with Crippen LogP contribution in [0.3, 0.4) is 0 Å². The van der Waals surface area contributed by atoms with Crippen LogP contribution in [0.15, 0.2) is 17.2 Å². The quantitative estimate of drug-likeness (QED) is 0.745. The SMILES string of the molecule is CCNCc1cc(S(=O)(=O)NC2CCCCC2)c[nH]1. The molecule has 6 heteroatoms. The molecule has 0 amide bonds. The summed E-state index contributed by atoms with van der Waals surface area (Å²) < 4.78 is 27.3. The van der Waals surface area contributed by atoms with Gasteiger partial charge < -0.3 is 10.3 Å². The minimum Gasteiger partial charge on any atom is -0.363 e. The molecule has 0 aromatic carbocycles. The van der Waals surface area contributed by atoms with Gasteiger partial charge in [0.15, 0.2) is 0 Å². The lowest BCUT2D eigenvalue weighted by Gasteiger charge is -2.22. The highest BCUT2D eigenvalue weighted by Crippen LogP contribution is 2.20. The molecule has 0 spiro atoms. The molecule has 1 aromatic rings. The molecule has 1 aliphatic rings. The highest BCUT2D eigenvalue weighted by atomic mass is 32.2. The van der Waals surface area contributed by atoms with E-state index in [0.29, 0.717) is 11.4 Å². The number of aromatic nitrogens is 1. The van der Waals surface area contributed by atoms with Crippen LogP contribution in [0, 0.1) is 0 Å². The number of H-pyrrole nitrogens is 1. The number of hydrogen-bond acceptors (Lipinski definition) is 3. The number of hydrogen-bond donors (Lipinski definition) is 3. The van der Waals surface area contributed by atoms with E-state index in [2.05, 4.69) is 15.0 Å². The molecule has 0 unspecified atom stereocenters. The van der Waals surface area contributed by atoms with E-state index in [-0.39, 0.29) is 6.04 Å². The summed E-state index contributed by atoms with van der Waals surface area (Å²) in [7, 11) is -3.37. The average Bonchev–Trinajstić information content (AvgIpc) is 2.86. The number of sulfonamides is 1. The summed E-state index contributed by atoms with van der Waals surface area (Å²) in [5.74, 6) is 0. The van der Waals surface area contributed by atoms with Crippen LogP contribution in [-0.4, -0.2) is 26.0 Å². The van der Waals surface area contributed by atoms with Crippen molar-refractivity contribution >= 4 is 10.0 Å². The predicted octanol–water partition coefficient (Wildman–Crippen LogP) is 1.74. The Morgan fingerprint density at radius 1 is 1.32 bits per heavy atom.